The second-order valence-corrected chi connectivity index (χ2v) is 6.96. The first-order chi connectivity index (χ1) is 12.0. The molecule has 6 heteroatoms. The number of nitrogens with zero attached hydrogens (tertiary/aromatic N) is 2. The van der Waals surface area contributed by atoms with E-state index in [1.807, 2.05) is 31.2 Å². The van der Waals surface area contributed by atoms with Crippen LogP contribution >= 0.6 is 0 Å². The van der Waals surface area contributed by atoms with Crippen LogP contribution in [0.4, 0.5) is 10.5 Å². The molecule has 0 spiro atoms. The van der Waals surface area contributed by atoms with E-state index in [1.54, 1.807) is 6.92 Å². The number of carbonyl (C=O) groups is 1. The number of urea groups is 1. The van der Waals surface area contributed by atoms with Crippen molar-refractivity contribution < 1.29 is 9.90 Å². The molecule has 1 fully saturated rings. The summed E-state index contributed by atoms with van der Waals surface area (Å²) in [5.74, 6) is 0.254. The Hall–Kier alpha value is -2.26. The van der Waals surface area contributed by atoms with Crippen LogP contribution in [0.2, 0.25) is 0 Å². The average Bonchev–Trinajstić information content (AvgIpc) is 2.60. The number of aliphatic hydroxyl groups excluding tert-OH is 1. The summed E-state index contributed by atoms with van der Waals surface area (Å²) in [4.78, 5) is 14.3. The number of nitrogens with one attached hydrogen (secondary N) is 2. The Bertz CT molecular complexity index is 586. The Labute approximate surface area is 149 Å². The predicted molar refractivity (Wildman–Crippen MR) is 98.4 cm³/mol. The maximum absolute atomic E-state index is 12.0. The van der Waals surface area contributed by atoms with Crippen LogP contribution in [0.25, 0.3) is 0 Å². The minimum absolute atomic E-state index is 0.130. The molecule has 1 heterocycles. The topological polar surface area (TPSA) is 88.4 Å². The number of nitriles is 1. The predicted octanol–water partition coefficient (Wildman–Crippen LogP) is 2.23. The van der Waals surface area contributed by atoms with E-state index in [-0.39, 0.29) is 24.1 Å². The highest BCUT2D eigenvalue weighted by Crippen LogP contribution is 2.20. The summed E-state index contributed by atoms with van der Waals surface area (Å²) >= 11 is 0. The summed E-state index contributed by atoms with van der Waals surface area (Å²) in [6.07, 6.45) is 2.14. The molecule has 0 radical (unpaired) electrons. The molecule has 1 aromatic carbocycles. The molecule has 1 aromatic rings. The van der Waals surface area contributed by atoms with Gasteiger partial charge < -0.3 is 20.6 Å². The molecule has 2 rings (SSSR count). The monoisotopic (exact) mass is 344 g/mol. The molecule has 0 saturated carbocycles. The average molecular weight is 344 g/mol. The number of piperidine rings is 1. The summed E-state index contributed by atoms with van der Waals surface area (Å²) in [5.41, 5.74) is 1.79. The zero-order valence-corrected chi connectivity index (χ0v) is 15.0. The first-order valence-electron chi connectivity index (χ1n) is 8.95. The molecule has 25 heavy (non-hydrogen) atoms. The van der Waals surface area contributed by atoms with Gasteiger partial charge in [0.05, 0.1) is 17.7 Å². The smallest absolute Gasteiger partial charge is 0.315 e. The molecule has 2 amide bonds. The molecule has 0 aliphatic carbocycles. The summed E-state index contributed by atoms with van der Waals surface area (Å²) < 4.78 is 0. The van der Waals surface area contributed by atoms with Crippen LogP contribution in [0, 0.1) is 17.2 Å². The highest BCUT2D eigenvalue weighted by Gasteiger charge is 2.21. The van der Waals surface area contributed by atoms with E-state index >= 15 is 0 Å². The van der Waals surface area contributed by atoms with Crippen LogP contribution in [0.3, 0.4) is 0 Å². The lowest BCUT2D eigenvalue weighted by Gasteiger charge is -2.34. The van der Waals surface area contributed by atoms with E-state index in [0.29, 0.717) is 18.5 Å². The van der Waals surface area contributed by atoms with E-state index in [0.717, 1.165) is 31.6 Å². The lowest BCUT2D eigenvalue weighted by Crippen LogP contribution is -2.48. The third-order valence-electron chi connectivity index (χ3n) is 4.55. The van der Waals surface area contributed by atoms with Gasteiger partial charge in [0.1, 0.15) is 0 Å². The van der Waals surface area contributed by atoms with Crippen molar-refractivity contribution in [1.82, 2.24) is 10.6 Å². The molecule has 6 nitrogen and oxygen atoms in total. The third kappa shape index (κ3) is 6.28. The molecule has 2 unspecified atom stereocenters. The number of anilines is 1. The van der Waals surface area contributed by atoms with Gasteiger partial charge in [-0.1, -0.05) is 6.92 Å². The second-order valence-electron chi connectivity index (χ2n) is 6.96. The molecule has 0 bridgehead atoms. The van der Waals surface area contributed by atoms with Crippen molar-refractivity contribution in [2.75, 3.05) is 24.5 Å². The minimum atomic E-state index is -0.341. The Kier molecular flexibility index (Phi) is 7.08. The van der Waals surface area contributed by atoms with Crippen LogP contribution in [-0.2, 0) is 0 Å². The van der Waals surface area contributed by atoms with Crippen LogP contribution in [0.15, 0.2) is 24.3 Å². The molecule has 1 aliphatic rings. The summed E-state index contributed by atoms with van der Waals surface area (Å²) in [6.45, 7) is 6.12. The number of hydrogen-bond acceptors (Lipinski definition) is 4. The van der Waals surface area contributed by atoms with Gasteiger partial charge in [-0.25, -0.2) is 4.79 Å². The Morgan fingerprint density at radius 1 is 1.32 bits per heavy atom. The van der Waals surface area contributed by atoms with Crippen molar-refractivity contribution in [2.24, 2.45) is 5.92 Å². The Morgan fingerprint density at radius 3 is 2.52 bits per heavy atom. The fraction of sp³-hybridized carbons (Fsp3) is 0.579. The lowest BCUT2D eigenvalue weighted by molar-refractivity contribution is 0.163. The number of benzene rings is 1. The van der Waals surface area contributed by atoms with E-state index in [9.17, 15) is 9.90 Å². The van der Waals surface area contributed by atoms with Crippen molar-refractivity contribution >= 4 is 11.7 Å². The second kappa shape index (κ2) is 9.28. The van der Waals surface area contributed by atoms with Gasteiger partial charge in [-0.2, -0.15) is 5.26 Å². The summed E-state index contributed by atoms with van der Waals surface area (Å²) in [7, 11) is 0. The zero-order valence-electron chi connectivity index (χ0n) is 15.0. The van der Waals surface area contributed by atoms with Crippen LogP contribution in [0.1, 0.15) is 38.7 Å². The fourth-order valence-electron chi connectivity index (χ4n) is 3.20. The Balaban J connectivity index is 1.71. The quantitative estimate of drug-likeness (QED) is 0.738. The first kappa shape index (κ1) is 19.1. The third-order valence-corrected chi connectivity index (χ3v) is 4.55. The lowest BCUT2D eigenvalue weighted by atomic mass is 10.0. The highest BCUT2D eigenvalue weighted by atomic mass is 16.3. The maximum Gasteiger partial charge on any atom is 0.315 e. The van der Waals surface area contributed by atoms with Crippen LogP contribution in [0.5, 0.6) is 0 Å². The van der Waals surface area contributed by atoms with E-state index < -0.39 is 0 Å². The largest absolute Gasteiger partial charge is 0.393 e. The normalized spacial score (nSPS) is 17.4. The van der Waals surface area contributed by atoms with Crippen molar-refractivity contribution in [3.63, 3.8) is 0 Å². The number of hydrogen-bond donors (Lipinski definition) is 3. The van der Waals surface area contributed by atoms with Crippen LogP contribution in [-0.4, -0.2) is 42.9 Å². The maximum atomic E-state index is 12.0. The molecule has 1 aliphatic heterocycles. The van der Waals surface area contributed by atoms with Crippen molar-refractivity contribution in [2.45, 2.75) is 45.3 Å². The molecule has 1 saturated heterocycles. The van der Waals surface area contributed by atoms with Gasteiger partial charge in [0.25, 0.3) is 0 Å². The van der Waals surface area contributed by atoms with Gasteiger partial charge >= 0.3 is 6.03 Å². The standard InChI is InChI=1S/C19H28N4O2/c1-14(11-15(2)24)13-21-19(25)22-17-7-9-23(10-8-17)18-5-3-16(12-20)4-6-18/h3-6,14-15,17,24H,7-11,13H2,1-2H3,(H2,21,22,25). The number of rotatable bonds is 6. The number of amides is 2. The fourth-order valence-corrected chi connectivity index (χ4v) is 3.20. The zero-order chi connectivity index (χ0) is 18.2. The van der Waals surface area contributed by atoms with E-state index in [1.165, 1.54) is 0 Å². The molecule has 136 valence electrons. The Morgan fingerprint density at radius 2 is 1.96 bits per heavy atom. The molecule has 2 atom stereocenters. The molecular weight excluding hydrogens is 316 g/mol. The summed E-state index contributed by atoms with van der Waals surface area (Å²) in [5, 5.41) is 24.1. The van der Waals surface area contributed by atoms with Gasteiger partial charge in [0.15, 0.2) is 0 Å². The van der Waals surface area contributed by atoms with Gasteiger partial charge in [-0.15, -0.1) is 0 Å². The van der Waals surface area contributed by atoms with E-state index in [4.69, 9.17) is 5.26 Å². The number of aliphatic hydroxyl groups is 1. The van der Waals surface area contributed by atoms with Crippen molar-refractivity contribution in [3.05, 3.63) is 29.8 Å². The van der Waals surface area contributed by atoms with Crippen molar-refractivity contribution in [1.29, 1.82) is 5.26 Å². The van der Waals surface area contributed by atoms with Gasteiger partial charge in [0.2, 0.25) is 0 Å². The minimum Gasteiger partial charge on any atom is -0.393 e. The summed E-state index contributed by atoms with van der Waals surface area (Å²) in [6, 6.07) is 9.80. The first-order valence-corrected chi connectivity index (χ1v) is 8.95. The van der Waals surface area contributed by atoms with Gasteiger partial charge in [0, 0.05) is 31.4 Å². The number of carbonyl (C=O) groups excluding carboxylic acids is 1. The van der Waals surface area contributed by atoms with E-state index in [2.05, 4.69) is 21.6 Å². The van der Waals surface area contributed by atoms with Gasteiger partial charge in [-0.05, 0) is 56.4 Å². The highest BCUT2D eigenvalue weighted by molar-refractivity contribution is 5.74. The molecular formula is C19H28N4O2. The van der Waals surface area contributed by atoms with Crippen molar-refractivity contribution in [3.8, 4) is 6.07 Å². The molecule has 3 N–H and O–H groups in total. The van der Waals surface area contributed by atoms with Crippen LogP contribution < -0.4 is 15.5 Å². The van der Waals surface area contributed by atoms with Gasteiger partial charge in [-0.3, -0.25) is 0 Å². The SMILES string of the molecule is CC(O)CC(C)CNC(=O)NC1CCN(c2ccc(C#N)cc2)CC1. The molecule has 0 aromatic heterocycles.